The van der Waals surface area contributed by atoms with Crippen LogP contribution >= 0.6 is 0 Å². The zero-order valence-electron chi connectivity index (χ0n) is 27.6. The number of anilines is 2. The van der Waals surface area contributed by atoms with Crippen LogP contribution in [0, 0.1) is 34.3 Å². The second-order valence-electron chi connectivity index (χ2n) is 11.9. The summed E-state index contributed by atoms with van der Waals surface area (Å²) in [5, 5.41) is 23.2. The lowest BCUT2D eigenvalue weighted by molar-refractivity contribution is 0.628. The SMILES string of the molecule is N#Cc1c(-c2cccc(F)c2)cc(-c2cccc3ccccc23)nc1N.N#Cc1c(-c2cccc(F)c2)cc(-c2cccc3ccccc23)nc1N. The van der Waals surface area contributed by atoms with E-state index in [1.807, 2.05) is 84.9 Å². The lowest BCUT2D eigenvalue weighted by atomic mass is 9.96. The van der Waals surface area contributed by atoms with Crippen LogP contribution in [0.4, 0.5) is 20.4 Å². The van der Waals surface area contributed by atoms with Crippen molar-refractivity contribution in [2.75, 3.05) is 11.5 Å². The van der Waals surface area contributed by atoms with Crippen molar-refractivity contribution in [2.45, 2.75) is 0 Å². The number of hydrogen-bond donors (Lipinski definition) is 2. The van der Waals surface area contributed by atoms with Crippen LogP contribution in [-0.2, 0) is 0 Å². The summed E-state index contributed by atoms with van der Waals surface area (Å²) in [4.78, 5) is 8.87. The molecule has 0 aliphatic rings. The first-order valence-corrected chi connectivity index (χ1v) is 16.2. The number of hydrogen-bond acceptors (Lipinski definition) is 6. The van der Waals surface area contributed by atoms with Gasteiger partial charge in [-0.05, 0) is 69.1 Å². The second-order valence-corrected chi connectivity index (χ2v) is 11.9. The van der Waals surface area contributed by atoms with Crippen molar-refractivity contribution in [3.05, 3.63) is 168 Å². The highest BCUT2D eigenvalue weighted by Gasteiger charge is 2.17. The third-order valence-electron chi connectivity index (χ3n) is 8.72. The van der Waals surface area contributed by atoms with Crippen molar-refractivity contribution in [2.24, 2.45) is 0 Å². The van der Waals surface area contributed by atoms with E-state index in [1.54, 1.807) is 36.4 Å². The summed E-state index contributed by atoms with van der Waals surface area (Å²) in [5.41, 5.74) is 18.1. The number of rotatable bonds is 4. The lowest BCUT2D eigenvalue weighted by Crippen LogP contribution is -2.00. The largest absolute Gasteiger partial charge is 0.383 e. The van der Waals surface area contributed by atoms with Gasteiger partial charge in [0.25, 0.3) is 0 Å². The zero-order valence-corrected chi connectivity index (χ0v) is 27.6. The van der Waals surface area contributed by atoms with E-state index in [0.717, 1.165) is 32.7 Å². The Labute approximate surface area is 298 Å². The van der Waals surface area contributed by atoms with Crippen molar-refractivity contribution in [1.29, 1.82) is 10.5 Å². The molecule has 8 rings (SSSR count). The zero-order chi connectivity index (χ0) is 36.2. The molecule has 6 nitrogen and oxygen atoms in total. The van der Waals surface area contributed by atoms with Crippen molar-refractivity contribution in [3.8, 4) is 56.9 Å². The average molecular weight is 679 g/mol. The minimum atomic E-state index is -0.367. The predicted molar refractivity (Wildman–Crippen MR) is 203 cm³/mol. The Kier molecular flexibility index (Phi) is 9.04. The molecule has 0 bridgehead atoms. The molecule has 52 heavy (non-hydrogen) atoms. The molecule has 0 radical (unpaired) electrons. The molecule has 8 heteroatoms. The van der Waals surface area contributed by atoms with Crippen LogP contribution in [0.1, 0.15) is 11.1 Å². The van der Waals surface area contributed by atoms with E-state index in [1.165, 1.54) is 24.3 Å². The number of nitrogens with two attached hydrogens (primary N) is 2. The minimum Gasteiger partial charge on any atom is -0.383 e. The van der Waals surface area contributed by atoms with Gasteiger partial charge < -0.3 is 11.5 Å². The average Bonchev–Trinajstić information content (AvgIpc) is 3.17. The van der Waals surface area contributed by atoms with Crippen LogP contribution in [0.15, 0.2) is 146 Å². The maximum absolute atomic E-state index is 13.7. The van der Waals surface area contributed by atoms with Gasteiger partial charge >= 0.3 is 0 Å². The van der Waals surface area contributed by atoms with Crippen LogP contribution in [0.3, 0.4) is 0 Å². The number of nitrogen functional groups attached to an aromatic ring is 2. The molecule has 2 aromatic heterocycles. The molecule has 248 valence electrons. The molecular formula is C44H28F2N6. The molecule has 0 unspecified atom stereocenters. The van der Waals surface area contributed by atoms with Gasteiger partial charge in [-0.2, -0.15) is 10.5 Å². The first-order chi connectivity index (χ1) is 25.3. The fourth-order valence-electron chi connectivity index (χ4n) is 6.31. The molecule has 0 saturated carbocycles. The lowest BCUT2D eigenvalue weighted by Gasteiger charge is -2.12. The van der Waals surface area contributed by atoms with Crippen LogP contribution in [-0.4, -0.2) is 9.97 Å². The first-order valence-electron chi connectivity index (χ1n) is 16.2. The van der Waals surface area contributed by atoms with Gasteiger partial charge in [0.05, 0.1) is 11.4 Å². The molecule has 0 atom stereocenters. The number of halogens is 2. The summed E-state index contributed by atoms with van der Waals surface area (Å²) in [6.07, 6.45) is 0. The highest BCUT2D eigenvalue weighted by Crippen LogP contribution is 2.36. The molecule has 0 fully saturated rings. The highest BCUT2D eigenvalue weighted by molar-refractivity contribution is 5.98. The standard InChI is InChI=1S/2C22H14FN3/c2*23-16-8-3-7-15(11-16)19-12-21(26-22(25)20(19)13-24)18-10-4-6-14-5-1-2-9-17(14)18/h2*1-12H,(H2,25,26). The van der Waals surface area contributed by atoms with Crippen LogP contribution in [0.2, 0.25) is 0 Å². The Morgan fingerprint density at radius 1 is 0.442 bits per heavy atom. The van der Waals surface area contributed by atoms with Gasteiger partial charge in [0.1, 0.15) is 46.5 Å². The maximum Gasteiger partial charge on any atom is 0.142 e. The molecule has 0 amide bonds. The molecule has 8 aromatic rings. The molecule has 6 aromatic carbocycles. The normalized spacial score (nSPS) is 10.6. The van der Waals surface area contributed by atoms with Crippen LogP contribution in [0.5, 0.6) is 0 Å². The molecule has 0 spiro atoms. The van der Waals surface area contributed by atoms with Gasteiger partial charge in [-0.3, -0.25) is 0 Å². The van der Waals surface area contributed by atoms with E-state index in [2.05, 4.69) is 22.1 Å². The van der Waals surface area contributed by atoms with E-state index in [9.17, 15) is 19.3 Å². The Bertz CT molecular complexity index is 2530. The van der Waals surface area contributed by atoms with E-state index >= 15 is 0 Å². The predicted octanol–water partition coefficient (Wildman–Crippen LogP) is 10.3. The van der Waals surface area contributed by atoms with Gasteiger partial charge in [0.15, 0.2) is 0 Å². The topological polar surface area (TPSA) is 125 Å². The summed E-state index contributed by atoms with van der Waals surface area (Å²) in [7, 11) is 0. The van der Waals surface area contributed by atoms with Gasteiger partial charge in [0.2, 0.25) is 0 Å². The van der Waals surface area contributed by atoms with E-state index in [4.69, 9.17) is 11.5 Å². The molecule has 2 heterocycles. The van der Waals surface area contributed by atoms with Crippen molar-refractivity contribution in [3.63, 3.8) is 0 Å². The Hall–Kier alpha value is -7.42. The van der Waals surface area contributed by atoms with Crippen LogP contribution < -0.4 is 11.5 Å². The second kappa shape index (κ2) is 14.2. The molecule has 0 aliphatic heterocycles. The van der Waals surface area contributed by atoms with Gasteiger partial charge in [-0.1, -0.05) is 109 Å². The van der Waals surface area contributed by atoms with Crippen molar-refractivity contribution in [1.82, 2.24) is 9.97 Å². The van der Waals surface area contributed by atoms with E-state index < -0.39 is 0 Å². The third kappa shape index (κ3) is 6.48. The number of nitrogens with zero attached hydrogens (tertiary/aromatic N) is 4. The third-order valence-corrected chi connectivity index (χ3v) is 8.72. The van der Waals surface area contributed by atoms with Crippen molar-refractivity contribution < 1.29 is 8.78 Å². The monoisotopic (exact) mass is 678 g/mol. The highest BCUT2D eigenvalue weighted by atomic mass is 19.1. The number of pyridine rings is 2. The first kappa shape index (κ1) is 33.1. The fourth-order valence-corrected chi connectivity index (χ4v) is 6.31. The van der Waals surface area contributed by atoms with E-state index in [0.29, 0.717) is 33.6 Å². The Balaban J connectivity index is 0.000000162. The Morgan fingerprint density at radius 3 is 1.23 bits per heavy atom. The summed E-state index contributed by atoms with van der Waals surface area (Å²) < 4.78 is 27.4. The number of aromatic nitrogens is 2. The summed E-state index contributed by atoms with van der Waals surface area (Å²) in [6, 6.07) is 47.9. The van der Waals surface area contributed by atoms with Crippen molar-refractivity contribution >= 4 is 33.2 Å². The fraction of sp³-hybridized carbons (Fsp3) is 0. The smallest absolute Gasteiger partial charge is 0.142 e. The minimum absolute atomic E-state index is 0.136. The van der Waals surface area contributed by atoms with Gasteiger partial charge in [0, 0.05) is 22.3 Å². The maximum atomic E-state index is 13.7. The quantitative estimate of drug-likeness (QED) is 0.191. The molecule has 0 aliphatic carbocycles. The summed E-state index contributed by atoms with van der Waals surface area (Å²) in [6.45, 7) is 0. The molecule has 4 N–H and O–H groups in total. The van der Waals surface area contributed by atoms with Gasteiger partial charge in [-0.15, -0.1) is 0 Å². The number of nitriles is 2. The number of benzene rings is 6. The molecular weight excluding hydrogens is 651 g/mol. The summed E-state index contributed by atoms with van der Waals surface area (Å²) in [5.74, 6) is -0.462. The summed E-state index contributed by atoms with van der Waals surface area (Å²) >= 11 is 0. The number of fused-ring (bicyclic) bond motifs is 2. The van der Waals surface area contributed by atoms with Crippen LogP contribution in [0.25, 0.3) is 66.3 Å². The molecule has 0 saturated heterocycles. The van der Waals surface area contributed by atoms with E-state index in [-0.39, 0.29) is 34.4 Å². The Morgan fingerprint density at radius 2 is 0.827 bits per heavy atom. The van der Waals surface area contributed by atoms with Gasteiger partial charge in [-0.25, -0.2) is 18.7 Å².